The number of rotatable bonds is 7. The minimum Gasteiger partial charge on any atom is -0.380 e. The van der Waals surface area contributed by atoms with E-state index in [0.29, 0.717) is 19.8 Å². The summed E-state index contributed by atoms with van der Waals surface area (Å²) in [6, 6.07) is 1.88. The number of hydrogen-bond acceptors (Lipinski definition) is 4. The number of ether oxygens (including phenoxy) is 3. The third-order valence-corrected chi connectivity index (χ3v) is 2.07. The molecule has 0 radical (unpaired) electrons. The largest absolute Gasteiger partial charge is 0.380 e. The highest BCUT2D eigenvalue weighted by Gasteiger charge is 2.13. The highest BCUT2D eigenvalue weighted by atomic mass is 16.7. The first-order valence-electron chi connectivity index (χ1n) is 4.98. The predicted octanol–water partition coefficient (Wildman–Crippen LogP) is 1.21. The third-order valence-electron chi connectivity index (χ3n) is 2.07. The van der Waals surface area contributed by atoms with Gasteiger partial charge in [-0.05, 0) is 13.0 Å². The summed E-state index contributed by atoms with van der Waals surface area (Å²) < 4.78 is 17.4. The molecule has 5 nitrogen and oxygen atoms in total. The summed E-state index contributed by atoms with van der Waals surface area (Å²) >= 11 is 0. The first kappa shape index (κ1) is 12.2. The molecule has 1 rings (SSSR count). The Bertz CT molecular complexity index is 271. The lowest BCUT2D eigenvalue weighted by molar-refractivity contribution is -0.111. The normalized spacial score (nSPS) is 11.2. The molecule has 0 atom stereocenters. The molecular weight excluding hydrogens is 196 g/mol. The fraction of sp³-hybridized carbons (Fsp3) is 0.700. The molecule has 0 N–H and O–H groups in total. The molecule has 0 aliphatic heterocycles. The quantitative estimate of drug-likeness (QED) is 0.505. The van der Waals surface area contributed by atoms with Crippen LogP contribution in [0.4, 0.5) is 0 Å². The molecule has 1 heterocycles. The monoisotopic (exact) mass is 214 g/mol. The lowest BCUT2D eigenvalue weighted by Crippen LogP contribution is -2.15. The topological polar surface area (TPSA) is 45.5 Å². The van der Waals surface area contributed by atoms with E-state index in [4.69, 9.17) is 14.2 Å². The molecule has 1 aromatic rings. The Kier molecular flexibility index (Phi) is 5.31. The standard InChI is InChI=1S/C10H18N2O3/c1-4-15-8-7-12-9(5-6-11-12)10(13-2)14-3/h5-6,10H,4,7-8H2,1-3H3. The summed E-state index contributed by atoms with van der Waals surface area (Å²) in [5.41, 5.74) is 0.903. The van der Waals surface area contributed by atoms with Gasteiger partial charge in [0.05, 0.1) is 18.8 Å². The zero-order valence-corrected chi connectivity index (χ0v) is 9.47. The van der Waals surface area contributed by atoms with Gasteiger partial charge >= 0.3 is 0 Å². The fourth-order valence-corrected chi connectivity index (χ4v) is 1.36. The van der Waals surface area contributed by atoms with Crippen LogP contribution in [0, 0.1) is 0 Å². The molecule has 0 bridgehead atoms. The number of aromatic nitrogens is 2. The van der Waals surface area contributed by atoms with Crippen LogP contribution in [0.15, 0.2) is 12.3 Å². The maximum Gasteiger partial charge on any atom is 0.200 e. The molecule has 0 unspecified atom stereocenters. The van der Waals surface area contributed by atoms with E-state index in [1.54, 1.807) is 20.4 Å². The molecule has 86 valence electrons. The van der Waals surface area contributed by atoms with Crippen molar-refractivity contribution >= 4 is 0 Å². The van der Waals surface area contributed by atoms with Gasteiger partial charge in [-0.15, -0.1) is 0 Å². The molecule has 0 aliphatic rings. The maximum absolute atomic E-state index is 5.27. The van der Waals surface area contributed by atoms with Crippen molar-refractivity contribution in [2.45, 2.75) is 19.8 Å². The molecule has 5 heteroatoms. The van der Waals surface area contributed by atoms with Gasteiger partial charge < -0.3 is 14.2 Å². The number of methoxy groups -OCH3 is 2. The Morgan fingerprint density at radius 2 is 2.13 bits per heavy atom. The van der Waals surface area contributed by atoms with E-state index < -0.39 is 0 Å². The highest BCUT2D eigenvalue weighted by molar-refractivity contribution is 5.02. The van der Waals surface area contributed by atoms with Crippen molar-refractivity contribution in [3.8, 4) is 0 Å². The fourth-order valence-electron chi connectivity index (χ4n) is 1.36. The average Bonchev–Trinajstić information content (AvgIpc) is 2.69. The zero-order chi connectivity index (χ0) is 11.1. The van der Waals surface area contributed by atoms with Gasteiger partial charge in [-0.3, -0.25) is 4.68 Å². The SMILES string of the molecule is CCOCCn1nccc1C(OC)OC. The van der Waals surface area contributed by atoms with E-state index in [-0.39, 0.29) is 6.29 Å². The van der Waals surface area contributed by atoms with Crippen LogP contribution in [0.5, 0.6) is 0 Å². The first-order valence-corrected chi connectivity index (χ1v) is 4.98. The Morgan fingerprint density at radius 1 is 1.40 bits per heavy atom. The molecule has 0 saturated carbocycles. The van der Waals surface area contributed by atoms with Gasteiger partial charge in [0, 0.05) is 27.0 Å². The van der Waals surface area contributed by atoms with Gasteiger partial charge in [0.15, 0.2) is 6.29 Å². The number of nitrogens with zero attached hydrogens (tertiary/aromatic N) is 2. The molecule has 0 fully saturated rings. The van der Waals surface area contributed by atoms with E-state index in [1.165, 1.54) is 0 Å². The lowest BCUT2D eigenvalue weighted by atomic mass is 10.4. The summed E-state index contributed by atoms with van der Waals surface area (Å²) in [5.74, 6) is 0. The van der Waals surface area contributed by atoms with Crippen molar-refractivity contribution in [2.24, 2.45) is 0 Å². The highest BCUT2D eigenvalue weighted by Crippen LogP contribution is 2.16. The zero-order valence-electron chi connectivity index (χ0n) is 9.47. The van der Waals surface area contributed by atoms with Gasteiger partial charge in [-0.2, -0.15) is 5.10 Å². The lowest BCUT2D eigenvalue weighted by Gasteiger charge is -2.15. The van der Waals surface area contributed by atoms with Crippen molar-refractivity contribution < 1.29 is 14.2 Å². The Hall–Kier alpha value is -0.910. The van der Waals surface area contributed by atoms with Gasteiger partial charge in [0.2, 0.25) is 0 Å². The second-order valence-corrected chi connectivity index (χ2v) is 2.98. The molecule has 0 spiro atoms. The van der Waals surface area contributed by atoms with Crippen molar-refractivity contribution in [2.75, 3.05) is 27.4 Å². The Balaban J connectivity index is 2.59. The average molecular weight is 214 g/mol. The Labute approximate surface area is 89.9 Å². The van der Waals surface area contributed by atoms with Gasteiger partial charge in [-0.25, -0.2) is 0 Å². The van der Waals surface area contributed by atoms with Crippen molar-refractivity contribution in [1.29, 1.82) is 0 Å². The molecule has 15 heavy (non-hydrogen) atoms. The van der Waals surface area contributed by atoms with E-state index in [1.807, 2.05) is 17.7 Å². The molecule has 0 amide bonds. The van der Waals surface area contributed by atoms with Crippen LogP contribution in [-0.2, 0) is 20.8 Å². The minimum atomic E-state index is -0.367. The van der Waals surface area contributed by atoms with Crippen molar-refractivity contribution in [1.82, 2.24) is 9.78 Å². The van der Waals surface area contributed by atoms with Gasteiger partial charge in [-0.1, -0.05) is 0 Å². The van der Waals surface area contributed by atoms with Crippen LogP contribution in [0.3, 0.4) is 0 Å². The second kappa shape index (κ2) is 6.55. The molecule has 0 aromatic carbocycles. The maximum atomic E-state index is 5.27. The van der Waals surface area contributed by atoms with Crippen LogP contribution in [-0.4, -0.2) is 37.2 Å². The summed E-state index contributed by atoms with van der Waals surface area (Å²) in [7, 11) is 3.21. The second-order valence-electron chi connectivity index (χ2n) is 2.98. The van der Waals surface area contributed by atoms with E-state index in [0.717, 1.165) is 5.69 Å². The molecular formula is C10H18N2O3. The van der Waals surface area contributed by atoms with Crippen LogP contribution in [0.2, 0.25) is 0 Å². The smallest absolute Gasteiger partial charge is 0.200 e. The van der Waals surface area contributed by atoms with Crippen molar-refractivity contribution in [3.05, 3.63) is 18.0 Å². The van der Waals surface area contributed by atoms with E-state index >= 15 is 0 Å². The van der Waals surface area contributed by atoms with E-state index in [2.05, 4.69) is 5.10 Å². The summed E-state index contributed by atoms with van der Waals surface area (Å²) in [4.78, 5) is 0. The predicted molar refractivity (Wildman–Crippen MR) is 55.5 cm³/mol. The summed E-state index contributed by atoms with van der Waals surface area (Å²) in [6.07, 6.45) is 1.36. The van der Waals surface area contributed by atoms with Gasteiger partial charge in [0.1, 0.15) is 0 Å². The van der Waals surface area contributed by atoms with Crippen LogP contribution in [0.1, 0.15) is 18.9 Å². The van der Waals surface area contributed by atoms with E-state index in [9.17, 15) is 0 Å². The van der Waals surface area contributed by atoms with Crippen LogP contribution in [0.25, 0.3) is 0 Å². The van der Waals surface area contributed by atoms with Crippen LogP contribution >= 0.6 is 0 Å². The number of hydrogen-bond donors (Lipinski definition) is 0. The summed E-state index contributed by atoms with van der Waals surface area (Å²) in [5, 5.41) is 4.18. The Morgan fingerprint density at radius 3 is 2.73 bits per heavy atom. The summed E-state index contributed by atoms with van der Waals surface area (Å²) in [6.45, 7) is 4.04. The first-order chi connectivity index (χ1) is 7.33. The van der Waals surface area contributed by atoms with Gasteiger partial charge in [0.25, 0.3) is 0 Å². The minimum absolute atomic E-state index is 0.367. The molecule has 0 aliphatic carbocycles. The third kappa shape index (κ3) is 3.30. The van der Waals surface area contributed by atoms with Crippen molar-refractivity contribution in [3.63, 3.8) is 0 Å². The molecule has 0 saturated heterocycles. The molecule has 1 aromatic heterocycles. The van der Waals surface area contributed by atoms with Crippen LogP contribution < -0.4 is 0 Å².